The Balaban J connectivity index is 1.60. The zero-order valence-electron chi connectivity index (χ0n) is 12.7. The monoisotopic (exact) mass is 342 g/mol. The molecule has 0 fully saturated rings. The van der Waals surface area contributed by atoms with Crippen molar-refractivity contribution in [3.8, 4) is 10.7 Å². The summed E-state index contributed by atoms with van der Waals surface area (Å²) in [7, 11) is 0. The van der Waals surface area contributed by atoms with Gasteiger partial charge >= 0.3 is 0 Å². The molecule has 0 N–H and O–H groups in total. The lowest BCUT2D eigenvalue weighted by molar-refractivity contribution is 0.719. The fourth-order valence-electron chi connectivity index (χ4n) is 2.25. The third-order valence-electron chi connectivity index (χ3n) is 3.34. The minimum atomic E-state index is 0.301. The summed E-state index contributed by atoms with van der Waals surface area (Å²) in [5, 5.41) is 17.0. The second-order valence-electron chi connectivity index (χ2n) is 5.44. The zero-order chi connectivity index (χ0) is 15.8. The lowest BCUT2D eigenvalue weighted by atomic mass is 10.2. The Hall–Kier alpha value is -2.19. The predicted octanol–water partition coefficient (Wildman–Crippen LogP) is 3.42. The molecule has 0 spiro atoms. The van der Waals surface area contributed by atoms with Crippen molar-refractivity contribution in [2.45, 2.75) is 26.2 Å². The van der Waals surface area contributed by atoms with Crippen LogP contribution in [0.4, 0.5) is 0 Å². The van der Waals surface area contributed by atoms with E-state index in [0.29, 0.717) is 12.3 Å². The molecule has 116 valence electrons. The van der Waals surface area contributed by atoms with Crippen molar-refractivity contribution in [1.82, 2.24) is 29.8 Å². The zero-order valence-corrected chi connectivity index (χ0v) is 14.3. The number of hydrogen-bond donors (Lipinski definition) is 0. The molecule has 0 aliphatic heterocycles. The maximum absolute atomic E-state index is 4.67. The summed E-state index contributed by atoms with van der Waals surface area (Å²) in [5.74, 6) is 1.20. The fourth-order valence-corrected chi connectivity index (χ4v) is 3.90. The SMILES string of the molecule is CC(C)c1nnc2sc(Cc3csc(-c4ccccn4)n3)nn12. The van der Waals surface area contributed by atoms with E-state index in [1.54, 1.807) is 28.9 Å². The molecule has 8 heteroatoms. The largest absolute Gasteiger partial charge is 0.254 e. The number of aromatic nitrogens is 6. The highest BCUT2D eigenvalue weighted by Crippen LogP contribution is 2.25. The molecule has 0 saturated carbocycles. The van der Waals surface area contributed by atoms with E-state index < -0.39 is 0 Å². The summed E-state index contributed by atoms with van der Waals surface area (Å²) >= 11 is 3.17. The van der Waals surface area contributed by atoms with Gasteiger partial charge in [-0.1, -0.05) is 31.3 Å². The highest BCUT2D eigenvalue weighted by molar-refractivity contribution is 7.16. The molecule has 0 aliphatic rings. The van der Waals surface area contributed by atoms with Gasteiger partial charge in [0.25, 0.3) is 0 Å². The molecular formula is C15H14N6S2. The van der Waals surface area contributed by atoms with Gasteiger partial charge in [0.05, 0.1) is 11.4 Å². The molecular weight excluding hydrogens is 328 g/mol. The van der Waals surface area contributed by atoms with Gasteiger partial charge < -0.3 is 0 Å². The molecule has 23 heavy (non-hydrogen) atoms. The molecule has 0 atom stereocenters. The first-order valence-corrected chi connectivity index (χ1v) is 8.97. The predicted molar refractivity (Wildman–Crippen MR) is 90.9 cm³/mol. The molecule has 4 rings (SSSR count). The molecule has 0 amide bonds. The van der Waals surface area contributed by atoms with Crippen molar-refractivity contribution < 1.29 is 0 Å². The number of rotatable bonds is 4. The van der Waals surface area contributed by atoms with E-state index in [1.165, 1.54) is 0 Å². The first kappa shape index (κ1) is 14.4. The average molecular weight is 342 g/mol. The molecule has 4 heterocycles. The van der Waals surface area contributed by atoms with Crippen molar-refractivity contribution >= 4 is 27.6 Å². The van der Waals surface area contributed by atoms with Gasteiger partial charge in [-0.2, -0.15) is 9.61 Å². The Morgan fingerprint density at radius 3 is 2.91 bits per heavy atom. The molecule has 0 unspecified atom stereocenters. The van der Waals surface area contributed by atoms with Crippen LogP contribution in [0.3, 0.4) is 0 Å². The van der Waals surface area contributed by atoms with Crippen LogP contribution < -0.4 is 0 Å². The van der Waals surface area contributed by atoms with Crippen LogP contribution in [0, 0.1) is 0 Å². The Kier molecular flexibility index (Phi) is 3.62. The van der Waals surface area contributed by atoms with Crippen LogP contribution in [0.1, 0.15) is 36.3 Å². The van der Waals surface area contributed by atoms with Crippen LogP contribution in [-0.2, 0) is 6.42 Å². The maximum Gasteiger partial charge on any atom is 0.234 e. The summed E-state index contributed by atoms with van der Waals surface area (Å²) in [4.78, 5) is 9.84. The lowest BCUT2D eigenvalue weighted by Crippen LogP contribution is -1.99. The first-order chi connectivity index (χ1) is 11.2. The maximum atomic E-state index is 4.67. The summed E-state index contributed by atoms with van der Waals surface area (Å²) in [5.41, 5.74) is 1.91. The second-order valence-corrected chi connectivity index (χ2v) is 7.34. The van der Waals surface area contributed by atoms with Crippen LogP contribution in [0.2, 0.25) is 0 Å². The van der Waals surface area contributed by atoms with E-state index in [1.807, 2.05) is 22.7 Å². The van der Waals surface area contributed by atoms with Gasteiger partial charge in [-0.05, 0) is 12.1 Å². The molecule has 0 aliphatic carbocycles. The Bertz CT molecular complexity index is 937. The van der Waals surface area contributed by atoms with Crippen LogP contribution in [0.5, 0.6) is 0 Å². The van der Waals surface area contributed by atoms with E-state index in [-0.39, 0.29) is 0 Å². The van der Waals surface area contributed by atoms with Gasteiger partial charge in [0.15, 0.2) is 5.82 Å². The third-order valence-corrected chi connectivity index (χ3v) is 5.15. The van der Waals surface area contributed by atoms with Crippen molar-refractivity contribution in [1.29, 1.82) is 0 Å². The number of thiazole rings is 1. The summed E-state index contributed by atoms with van der Waals surface area (Å²) in [6.07, 6.45) is 2.49. The third kappa shape index (κ3) is 2.75. The van der Waals surface area contributed by atoms with E-state index in [4.69, 9.17) is 0 Å². The van der Waals surface area contributed by atoms with E-state index >= 15 is 0 Å². The van der Waals surface area contributed by atoms with Gasteiger partial charge in [-0.25, -0.2) is 4.98 Å². The Morgan fingerprint density at radius 1 is 1.22 bits per heavy atom. The van der Waals surface area contributed by atoms with E-state index in [2.05, 4.69) is 44.5 Å². The number of fused-ring (bicyclic) bond motifs is 1. The van der Waals surface area contributed by atoms with E-state index in [9.17, 15) is 0 Å². The molecule has 6 nitrogen and oxygen atoms in total. The lowest BCUT2D eigenvalue weighted by Gasteiger charge is -1.97. The second kappa shape index (κ2) is 5.78. The number of hydrogen-bond acceptors (Lipinski definition) is 7. The van der Waals surface area contributed by atoms with Crippen molar-refractivity contribution in [2.24, 2.45) is 0 Å². The molecule has 0 radical (unpaired) electrons. The topological polar surface area (TPSA) is 68.9 Å². The minimum absolute atomic E-state index is 0.301. The normalized spacial score (nSPS) is 11.6. The van der Waals surface area contributed by atoms with Crippen LogP contribution >= 0.6 is 22.7 Å². The smallest absolute Gasteiger partial charge is 0.234 e. The first-order valence-electron chi connectivity index (χ1n) is 7.27. The molecule has 0 aromatic carbocycles. The fraction of sp³-hybridized carbons (Fsp3) is 0.267. The van der Waals surface area contributed by atoms with Gasteiger partial charge in [0, 0.05) is 23.9 Å². The number of nitrogens with zero attached hydrogens (tertiary/aromatic N) is 6. The van der Waals surface area contributed by atoms with Crippen LogP contribution in [-0.4, -0.2) is 29.8 Å². The van der Waals surface area contributed by atoms with Gasteiger partial charge in [0.2, 0.25) is 4.96 Å². The average Bonchev–Trinajstić information content (AvgIpc) is 3.23. The van der Waals surface area contributed by atoms with Crippen molar-refractivity contribution in [3.63, 3.8) is 0 Å². The van der Waals surface area contributed by atoms with Gasteiger partial charge in [-0.3, -0.25) is 4.98 Å². The Morgan fingerprint density at radius 2 is 2.13 bits per heavy atom. The van der Waals surface area contributed by atoms with Crippen LogP contribution in [0.25, 0.3) is 15.7 Å². The molecule has 4 aromatic heterocycles. The van der Waals surface area contributed by atoms with Gasteiger partial charge in [0.1, 0.15) is 10.0 Å². The van der Waals surface area contributed by atoms with Gasteiger partial charge in [-0.15, -0.1) is 21.5 Å². The molecule has 0 saturated heterocycles. The van der Waals surface area contributed by atoms with Crippen LogP contribution in [0.15, 0.2) is 29.8 Å². The number of pyridine rings is 1. The highest BCUT2D eigenvalue weighted by atomic mass is 32.1. The quantitative estimate of drug-likeness (QED) is 0.568. The summed E-state index contributed by atoms with van der Waals surface area (Å²) in [6, 6.07) is 5.85. The standard InChI is InChI=1S/C15H14N6S2/c1-9(2)13-18-19-15-21(13)20-12(23-15)7-10-8-22-14(17-10)11-5-3-4-6-16-11/h3-6,8-9H,7H2,1-2H3. The van der Waals surface area contributed by atoms with Crippen molar-refractivity contribution in [3.05, 3.63) is 46.3 Å². The van der Waals surface area contributed by atoms with E-state index in [0.717, 1.165) is 32.2 Å². The molecule has 4 aromatic rings. The Labute approximate surface area is 140 Å². The minimum Gasteiger partial charge on any atom is -0.254 e. The molecule has 0 bridgehead atoms. The highest BCUT2D eigenvalue weighted by Gasteiger charge is 2.15. The summed E-state index contributed by atoms with van der Waals surface area (Å²) in [6.45, 7) is 4.18. The van der Waals surface area contributed by atoms with Crippen molar-refractivity contribution in [2.75, 3.05) is 0 Å². The summed E-state index contributed by atoms with van der Waals surface area (Å²) < 4.78 is 1.84.